The van der Waals surface area contributed by atoms with Crippen LogP contribution in [0.3, 0.4) is 0 Å². The summed E-state index contributed by atoms with van der Waals surface area (Å²) in [4.78, 5) is 24.0. The molecule has 3 aromatic rings. The van der Waals surface area contributed by atoms with Gasteiger partial charge in [0.2, 0.25) is 5.95 Å². The average molecular weight is 445 g/mol. The zero-order valence-electron chi connectivity index (χ0n) is 19.3. The smallest absolute Gasteiger partial charge is 0.315 e. The van der Waals surface area contributed by atoms with Gasteiger partial charge in [0.25, 0.3) is 0 Å². The van der Waals surface area contributed by atoms with Crippen molar-refractivity contribution in [2.45, 2.75) is 56.1 Å². The molecule has 2 fully saturated rings. The maximum Gasteiger partial charge on any atom is 0.315 e. The summed E-state index contributed by atoms with van der Waals surface area (Å²) in [6, 6.07) is 19.3. The van der Waals surface area contributed by atoms with E-state index in [1.165, 1.54) is 5.56 Å². The molecule has 0 bridgehead atoms. The van der Waals surface area contributed by atoms with Gasteiger partial charge in [-0.2, -0.15) is 4.98 Å². The molecular formula is C26H32N6O. The highest BCUT2D eigenvalue weighted by molar-refractivity contribution is 5.90. The molecule has 7 heteroatoms. The quantitative estimate of drug-likeness (QED) is 0.529. The number of benzene rings is 2. The molecule has 1 aromatic heterocycles. The Bertz CT molecular complexity index is 1110. The lowest BCUT2D eigenvalue weighted by Gasteiger charge is -2.30. The fourth-order valence-electron chi connectivity index (χ4n) is 4.85. The standard InChI is InChI=1S/C26H32N6O/c1-32(2)24-20-10-6-7-11-22(20)29-25(31-24)27-18-12-14-19(15-13-18)28-26(33)30-23-16-21(23)17-8-4-3-5-9-17/h3-11,18-19,21,23H,12-16H2,1-2H3,(H,27,29,31)(H2,28,30,33)/t18?,19?,21-,23?/m0/s1. The minimum Gasteiger partial charge on any atom is -0.362 e. The highest BCUT2D eigenvalue weighted by Gasteiger charge is 2.39. The van der Waals surface area contributed by atoms with E-state index in [0.717, 1.165) is 48.8 Å². The SMILES string of the molecule is CN(C)c1nc(NC2CCC(NC(=O)NC3C[C@H]3c3ccccc3)CC2)nc2ccccc12. The first-order valence-electron chi connectivity index (χ1n) is 11.9. The molecule has 0 saturated heterocycles. The second-order valence-electron chi connectivity index (χ2n) is 9.45. The van der Waals surface area contributed by atoms with Gasteiger partial charge in [-0.3, -0.25) is 0 Å². The van der Waals surface area contributed by atoms with Gasteiger partial charge in [0.05, 0.1) is 5.52 Å². The van der Waals surface area contributed by atoms with Crippen molar-refractivity contribution < 1.29 is 4.79 Å². The van der Waals surface area contributed by atoms with Crippen LogP contribution in [0.2, 0.25) is 0 Å². The maximum atomic E-state index is 12.5. The van der Waals surface area contributed by atoms with Crippen LogP contribution in [-0.2, 0) is 0 Å². The van der Waals surface area contributed by atoms with E-state index in [4.69, 9.17) is 9.97 Å². The Balaban J connectivity index is 1.11. The van der Waals surface area contributed by atoms with E-state index in [0.29, 0.717) is 17.9 Å². The van der Waals surface area contributed by atoms with Gasteiger partial charge in [0, 0.05) is 43.5 Å². The molecule has 2 aromatic carbocycles. The van der Waals surface area contributed by atoms with Gasteiger partial charge in [-0.15, -0.1) is 0 Å². The van der Waals surface area contributed by atoms with Crippen LogP contribution in [0.15, 0.2) is 54.6 Å². The van der Waals surface area contributed by atoms with Crippen LogP contribution in [0.25, 0.3) is 10.9 Å². The number of urea groups is 1. The van der Waals surface area contributed by atoms with Crippen LogP contribution in [0, 0.1) is 0 Å². The summed E-state index contributed by atoms with van der Waals surface area (Å²) in [5.74, 6) is 2.04. The largest absolute Gasteiger partial charge is 0.362 e. The third kappa shape index (κ3) is 5.02. The van der Waals surface area contributed by atoms with Crippen molar-refractivity contribution in [2.75, 3.05) is 24.3 Å². The number of aromatic nitrogens is 2. The molecule has 0 aliphatic heterocycles. The van der Waals surface area contributed by atoms with Crippen molar-refractivity contribution in [2.24, 2.45) is 0 Å². The first-order chi connectivity index (χ1) is 16.1. The summed E-state index contributed by atoms with van der Waals surface area (Å²) >= 11 is 0. The number of anilines is 2. The van der Waals surface area contributed by atoms with Crippen LogP contribution in [0.4, 0.5) is 16.6 Å². The summed E-state index contributed by atoms with van der Waals surface area (Å²) in [6.07, 6.45) is 4.88. The Morgan fingerprint density at radius 3 is 2.33 bits per heavy atom. The van der Waals surface area contributed by atoms with Crippen LogP contribution < -0.4 is 20.9 Å². The van der Waals surface area contributed by atoms with Crippen LogP contribution in [-0.4, -0.2) is 48.2 Å². The van der Waals surface area contributed by atoms with Crippen molar-refractivity contribution in [3.8, 4) is 0 Å². The van der Waals surface area contributed by atoms with Gasteiger partial charge < -0.3 is 20.9 Å². The van der Waals surface area contributed by atoms with E-state index in [1.807, 2.05) is 43.3 Å². The number of hydrogen-bond donors (Lipinski definition) is 3. The lowest BCUT2D eigenvalue weighted by Crippen LogP contribution is -2.45. The molecule has 2 aliphatic rings. The molecule has 3 N–H and O–H groups in total. The highest BCUT2D eigenvalue weighted by Crippen LogP contribution is 2.40. The molecule has 5 rings (SSSR count). The van der Waals surface area contributed by atoms with Gasteiger partial charge in [-0.1, -0.05) is 42.5 Å². The first-order valence-corrected chi connectivity index (χ1v) is 11.9. The number of para-hydroxylation sites is 1. The average Bonchev–Trinajstić information content (AvgIpc) is 3.59. The van der Waals surface area contributed by atoms with Gasteiger partial charge in [-0.05, 0) is 49.8 Å². The van der Waals surface area contributed by atoms with Crippen molar-refractivity contribution in [1.29, 1.82) is 0 Å². The number of rotatable bonds is 6. The minimum absolute atomic E-state index is 0.0386. The summed E-state index contributed by atoms with van der Waals surface area (Å²) in [5, 5.41) is 10.9. The first kappa shape index (κ1) is 21.5. The van der Waals surface area contributed by atoms with Crippen molar-refractivity contribution in [1.82, 2.24) is 20.6 Å². The van der Waals surface area contributed by atoms with E-state index >= 15 is 0 Å². The second-order valence-corrected chi connectivity index (χ2v) is 9.45. The van der Waals surface area contributed by atoms with Crippen molar-refractivity contribution in [3.63, 3.8) is 0 Å². The zero-order chi connectivity index (χ0) is 22.8. The molecule has 2 saturated carbocycles. The van der Waals surface area contributed by atoms with Crippen LogP contribution in [0.5, 0.6) is 0 Å². The monoisotopic (exact) mass is 444 g/mol. The molecule has 1 heterocycles. The molecule has 0 spiro atoms. The summed E-state index contributed by atoms with van der Waals surface area (Å²) in [6.45, 7) is 0. The van der Waals surface area contributed by atoms with E-state index in [1.54, 1.807) is 0 Å². The number of carbonyl (C=O) groups is 1. The van der Waals surface area contributed by atoms with Crippen LogP contribution in [0.1, 0.15) is 43.6 Å². The molecule has 33 heavy (non-hydrogen) atoms. The number of hydrogen-bond acceptors (Lipinski definition) is 5. The van der Waals surface area contributed by atoms with E-state index in [-0.39, 0.29) is 18.1 Å². The lowest BCUT2D eigenvalue weighted by molar-refractivity contribution is 0.231. The Kier molecular flexibility index (Phi) is 6.03. The fourth-order valence-corrected chi connectivity index (χ4v) is 4.85. The number of carbonyl (C=O) groups excluding carboxylic acids is 1. The molecule has 7 nitrogen and oxygen atoms in total. The normalized spacial score (nSPS) is 24.2. The maximum absolute atomic E-state index is 12.5. The Hall–Kier alpha value is -3.35. The Morgan fingerprint density at radius 2 is 1.58 bits per heavy atom. The Labute approximate surface area is 195 Å². The van der Waals surface area contributed by atoms with Gasteiger partial charge >= 0.3 is 6.03 Å². The minimum atomic E-state index is -0.0386. The van der Waals surface area contributed by atoms with Gasteiger partial charge in [-0.25, -0.2) is 9.78 Å². The van der Waals surface area contributed by atoms with Crippen molar-refractivity contribution in [3.05, 3.63) is 60.2 Å². The topological polar surface area (TPSA) is 82.2 Å². The summed E-state index contributed by atoms with van der Waals surface area (Å²) in [5.41, 5.74) is 2.25. The highest BCUT2D eigenvalue weighted by atomic mass is 16.2. The van der Waals surface area contributed by atoms with Gasteiger partial charge in [0.15, 0.2) is 0 Å². The number of nitrogens with one attached hydrogen (secondary N) is 3. The molecule has 2 atom stereocenters. The molecule has 2 amide bonds. The third-order valence-electron chi connectivity index (χ3n) is 6.74. The molecule has 0 radical (unpaired) electrons. The third-order valence-corrected chi connectivity index (χ3v) is 6.74. The predicted octanol–water partition coefficient (Wildman–Crippen LogP) is 4.27. The zero-order valence-corrected chi connectivity index (χ0v) is 19.3. The van der Waals surface area contributed by atoms with E-state index in [2.05, 4.69) is 46.3 Å². The second kappa shape index (κ2) is 9.25. The summed E-state index contributed by atoms with van der Waals surface area (Å²) in [7, 11) is 4.01. The number of fused-ring (bicyclic) bond motifs is 1. The number of amides is 2. The van der Waals surface area contributed by atoms with Crippen molar-refractivity contribution >= 4 is 28.7 Å². The number of nitrogens with zero attached hydrogens (tertiary/aromatic N) is 3. The molecular weight excluding hydrogens is 412 g/mol. The van der Waals surface area contributed by atoms with E-state index in [9.17, 15) is 4.79 Å². The molecule has 2 aliphatic carbocycles. The Morgan fingerprint density at radius 1 is 0.879 bits per heavy atom. The summed E-state index contributed by atoms with van der Waals surface area (Å²) < 4.78 is 0. The molecule has 172 valence electrons. The van der Waals surface area contributed by atoms with E-state index < -0.39 is 0 Å². The van der Waals surface area contributed by atoms with Crippen LogP contribution >= 0.6 is 0 Å². The predicted molar refractivity (Wildman–Crippen MR) is 133 cm³/mol. The fraction of sp³-hybridized carbons (Fsp3) is 0.423. The molecule has 1 unspecified atom stereocenters. The lowest BCUT2D eigenvalue weighted by atomic mass is 9.91. The van der Waals surface area contributed by atoms with Gasteiger partial charge in [0.1, 0.15) is 5.82 Å².